The van der Waals surface area contributed by atoms with Crippen molar-refractivity contribution in [2.75, 3.05) is 47.3 Å². The van der Waals surface area contributed by atoms with Crippen LogP contribution in [0.25, 0.3) is 0 Å². The van der Waals surface area contributed by atoms with Crippen LogP contribution < -0.4 is 9.47 Å². The number of ether oxygens (including phenoxy) is 5. The molecule has 2 aliphatic rings. The van der Waals surface area contributed by atoms with Crippen molar-refractivity contribution in [1.29, 1.82) is 0 Å². The van der Waals surface area contributed by atoms with Crippen LogP contribution >= 0.6 is 0 Å². The Balaban J connectivity index is 2.00. The van der Waals surface area contributed by atoms with Crippen molar-refractivity contribution in [2.24, 2.45) is 5.41 Å². The van der Waals surface area contributed by atoms with E-state index in [1.165, 1.54) is 0 Å². The monoisotopic (exact) mass is 555 g/mol. The molecule has 8 nitrogen and oxygen atoms in total. The minimum Gasteiger partial charge on any atom is -0.493 e. The first-order valence-electron chi connectivity index (χ1n) is 14.1. The predicted molar refractivity (Wildman–Crippen MR) is 155 cm³/mol. The lowest BCUT2D eigenvalue weighted by Gasteiger charge is -2.50. The van der Waals surface area contributed by atoms with E-state index in [1.807, 2.05) is 18.2 Å². The third kappa shape index (κ3) is 7.34. The Labute approximate surface area is 238 Å². The number of carbonyl (C=O) groups excluding carboxylic acids is 2. The highest BCUT2D eigenvalue weighted by molar-refractivity contribution is 6.17. The minimum atomic E-state index is -0.581. The van der Waals surface area contributed by atoms with E-state index >= 15 is 0 Å². The van der Waals surface area contributed by atoms with E-state index < -0.39 is 5.97 Å². The molecule has 0 saturated carbocycles. The highest BCUT2D eigenvalue weighted by Gasteiger charge is 2.45. The number of methoxy groups -OCH3 is 2. The van der Waals surface area contributed by atoms with Crippen molar-refractivity contribution in [2.45, 2.75) is 65.5 Å². The van der Waals surface area contributed by atoms with Crippen LogP contribution in [0.3, 0.4) is 0 Å². The standard InChI is InChI=1S/C32H45NO7/c1-8-12-22(9-2)20-38-21-32(4,5)30-16-23-15-29(40-14-11-13-36-6)28(37-7)17-24(23)26-18-27(34)25(19-33(26)30)31(35)39-10-3/h9,12,15,17,19,26,30H,2,8,10-11,13-14,16,18,20-21H2,1,3-7H3/b22-12+. The van der Waals surface area contributed by atoms with Gasteiger partial charge in [-0.05, 0) is 48.6 Å². The summed E-state index contributed by atoms with van der Waals surface area (Å²) in [5.74, 6) is 0.482. The van der Waals surface area contributed by atoms with Gasteiger partial charge in [0.25, 0.3) is 0 Å². The molecule has 0 spiro atoms. The molecule has 2 unspecified atom stereocenters. The number of Topliss-reactive ketones (excluding diaryl/α,β-unsaturated/α-hetero) is 1. The first-order chi connectivity index (χ1) is 19.2. The molecular weight excluding hydrogens is 510 g/mol. The smallest absolute Gasteiger partial charge is 0.343 e. The molecular formula is C32H45NO7. The lowest BCUT2D eigenvalue weighted by Crippen LogP contribution is -2.52. The van der Waals surface area contributed by atoms with E-state index in [1.54, 1.807) is 27.3 Å². The van der Waals surface area contributed by atoms with Gasteiger partial charge in [0.05, 0.1) is 39.6 Å². The lowest BCUT2D eigenvalue weighted by atomic mass is 9.73. The van der Waals surface area contributed by atoms with Crippen molar-refractivity contribution in [3.63, 3.8) is 0 Å². The van der Waals surface area contributed by atoms with E-state index in [4.69, 9.17) is 23.7 Å². The van der Waals surface area contributed by atoms with E-state index in [9.17, 15) is 9.59 Å². The highest BCUT2D eigenvalue weighted by Crippen LogP contribution is 2.47. The van der Waals surface area contributed by atoms with E-state index in [0.29, 0.717) is 44.3 Å². The molecule has 8 heteroatoms. The van der Waals surface area contributed by atoms with Crippen LogP contribution in [-0.4, -0.2) is 69.9 Å². The molecule has 2 heterocycles. The molecule has 40 heavy (non-hydrogen) atoms. The van der Waals surface area contributed by atoms with Gasteiger partial charge in [-0.3, -0.25) is 4.79 Å². The molecule has 1 aromatic carbocycles. The van der Waals surface area contributed by atoms with Crippen molar-refractivity contribution < 1.29 is 33.3 Å². The van der Waals surface area contributed by atoms with Gasteiger partial charge in [-0.15, -0.1) is 0 Å². The Bertz CT molecular complexity index is 1120. The summed E-state index contributed by atoms with van der Waals surface area (Å²) in [6, 6.07) is 3.70. The quantitative estimate of drug-likeness (QED) is 0.124. The first-order valence-corrected chi connectivity index (χ1v) is 14.1. The fourth-order valence-corrected chi connectivity index (χ4v) is 5.40. The van der Waals surface area contributed by atoms with Crippen LogP contribution in [0.1, 0.15) is 64.1 Å². The molecule has 0 aromatic heterocycles. The summed E-state index contributed by atoms with van der Waals surface area (Å²) < 4.78 is 28.3. The van der Waals surface area contributed by atoms with Gasteiger partial charge < -0.3 is 28.6 Å². The molecule has 0 bridgehead atoms. The van der Waals surface area contributed by atoms with Gasteiger partial charge in [0, 0.05) is 44.2 Å². The van der Waals surface area contributed by atoms with Crippen molar-refractivity contribution in [1.82, 2.24) is 4.90 Å². The molecule has 3 rings (SSSR count). The van der Waals surface area contributed by atoms with Gasteiger partial charge in [-0.25, -0.2) is 4.79 Å². The average molecular weight is 556 g/mol. The normalized spacial score (nSPS) is 18.9. The molecule has 0 aliphatic carbocycles. The van der Waals surface area contributed by atoms with Crippen LogP contribution in [-0.2, 0) is 30.2 Å². The van der Waals surface area contributed by atoms with Crippen molar-refractivity contribution in [3.8, 4) is 11.5 Å². The Hall–Kier alpha value is -3.10. The summed E-state index contributed by atoms with van der Waals surface area (Å²) in [4.78, 5) is 28.0. The predicted octanol–water partition coefficient (Wildman–Crippen LogP) is 5.36. The number of esters is 1. The fraction of sp³-hybridized carbons (Fsp3) is 0.562. The third-order valence-corrected chi connectivity index (χ3v) is 7.49. The van der Waals surface area contributed by atoms with E-state index in [2.05, 4.69) is 38.3 Å². The summed E-state index contributed by atoms with van der Waals surface area (Å²) in [6.45, 7) is 14.3. The summed E-state index contributed by atoms with van der Waals surface area (Å²) in [6.07, 6.45) is 8.17. The van der Waals surface area contributed by atoms with Crippen LogP contribution in [0.2, 0.25) is 0 Å². The second kappa shape index (κ2) is 14.5. The van der Waals surface area contributed by atoms with Gasteiger partial charge in [0.15, 0.2) is 17.3 Å². The number of benzene rings is 1. The zero-order chi connectivity index (χ0) is 29.3. The minimum absolute atomic E-state index is 0.0559. The van der Waals surface area contributed by atoms with Gasteiger partial charge >= 0.3 is 5.97 Å². The number of ketones is 1. The number of hydrogen-bond acceptors (Lipinski definition) is 8. The van der Waals surface area contributed by atoms with E-state index in [0.717, 1.165) is 29.5 Å². The summed E-state index contributed by atoms with van der Waals surface area (Å²) in [5, 5.41) is 0. The fourth-order valence-electron chi connectivity index (χ4n) is 5.40. The lowest BCUT2D eigenvalue weighted by molar-refractivity contribution is -0.141. The van der Waals surface area contributed by atoms with Crippen molar-refractivity contribution in [3.05, 3.63) is 59.3 Å². The number of allylic oxidation sites excluding steroid dienone is 1. The van der Waals surface area contributed by atoms with Gasteiger partial charge in [-0.2, -0.15) is 0 Å². The second-order valence-electron chi connectivity index (χ2n) is 10.8. The average Bonchev–Trinajstić information content (AvgIpc) is 2.93. The Morgan fingerprint density at radius 3 is 2.58 bits per heavy atom. The third-order valence-electron chi connectivity index (χ3n) is 7.49. The van der Waals surface area contributed by atoms with Gasteiger partial charge in [0.1, 0.15) is 5.57 Å². The second-order valence-corrected chi connectivity index (χ2v) is 10.8. The number of carbonyl (C=O) groups is 2. The van der Waals surface area contributed by atoms with Gasteiger partial charge in [-0.1, -0.05) is 39.5 Å². The van der Waals surface area contributed by atoms with Crippen molar-refractivity contribution >= 4 is 11.8 Å². The summed E-state index contributed by atoms with van der Waals surface area (Å²) >= 11 is 0. The van der Waals surface area contributed by atoms with Crippen LogP contribution in [0.5, 0.6) is 11.5 Å². The molecule has 0 saturated heterocycles. The Morgan fingerprint density at radius 1 is 1.15 bits per heavy atom. The number of fused-ring (bicyclic) bond motifs is 3. The number of hydrogen-bond donors (Lipinski definition) is 0. The SMILES string of the molecule is C=C/C(=C\CC)COCC(C)(C)C1Cc2cc(OCCCOC)c(OC)cc2C2CC(=O)C(C(=O)OCC)=CN21. The Kier molecular flexibility index (Phi) is 11.4. The zero-order valence-electron chi connectivity index (χ0n) is 24.9. The maximum absolute atomic E-state index is 13.2. The molecule has 0 fully saturated rings. The number of nitrogens with zero attached hydrogens (tertiary/aromatic N) is 1. The first kappa shape index (κ1) is 31.4. The topological polar surface area (TPSA) is 83.5 Å². The van der Waals surface area contributed by atoms with Crippen LogP contribution in [0, 0.1) is 5.41 Å². The highest BCUT2D eigenvalue weighted by atomic mass is 16.5. The summed E-state index contributed by atoms with van der Waals surface area (Å²) in [7, 11) is 3.28. The molecule has 0 amide bonds. The largest absolute Gasteiger partial charge is 0.493 e. The molecule has 0 N–H and O–H groups in total. The Morgan fingerprint density at radius 2 is 1.93 bits per heavy atom. The van der Waals surface area contributed by atoms with Crippen LogP contribution in [0.4, 0.5) is 0 Å². The zero-order valence-corrected chi connectivity index (χ0v) is 24.9. The molecule has 1 aromatic rings. The van der Waals surface area contributed by atoms with Crippen LogP contribution in [0.15, 0.2) is 48.2 Å². The maximum atomic E-state index is 13.2. The molecule has 2 atom stereocenters. The van der Waals surface area contributed by atoms with E-state index in [-0.39, 0.29) is 41.9 Å². The number of rotatable bonds is 15. The molecule has 2 aliphatic heterocycles. The molecule has 220 valence electrons. The summed E-state index contributed by atoms with van der Waals surface area (Å²) in [5.41, 5.74) is 2.92. The molecule has 0 radical (unpaired) electrons. The van der Waals surface area contributed by atoms with Gasteiger partial charge in [0.2, 0.25) is 0 Å². The maximum Gasteiger partial charge on any atom is 0.343 e.